The topological polar surface area (TPSA) is 49.5 Å². The summed E-state index contributed by atoms with van der Waals surface area (Å²) in [6.07, 6.45) is 3.23. The molecule has 1 rings (SSSR count). The molecule has 1 aliphatic heterocycles. The zero-order valence-electron chi connectivity index (χ0n) is 10.4. The van der Waals surface area contributed by atoms with Crippen molar-refractivity contribution in [1.29, 1.82) is 0 Å². The summed E-state index contributed by atoms with van der Waals surface area (Å²) >= 11 is 0. The number of likely N-dealkylation sites (tertiary alicyclic amines) is 1. The fourth-order valence-electron chi connectivity index (χ4n) is 1.95. The first-order chi connectivity index (χ1) is 6.85. The van der Waals surface area contributed by atoms with Gasteiger partial charge in [-0.3, -0.25) is 0 Å². The summed E-state index contributed by atoms with van der Waals surface area (Å²) in [5.41, 5.74) is 5.59. The molecule has 3 nitrogen and oxygen atoms in total. The number of hydrogen-bond donors (Lipinski definition) is 2. The minimum Gasteiger partial charge on any atom is -0.390 e. The summed E-state index contributed by atoms with van der Waals surface area (Å²) in [6.45, 7) is 10.1. The van der Waals surface area contributed by atoms with E-state index in [4.69, 9.17) is 5.73 Å². The van der Waals surface area contributed by atoms with Crippen LogP contribution in [0.5, 0.6) is 0 Å². The van der Waals surface area contributed by atoms with Gasteiger partial charge in [0.25, 0.3) is 0 Å². The summed E-state index contributed by atoms with van der Waals surface area (Å²) < 4.78 is 0. The van der Waals surface area contributed by atoms with Crippen molar-refractivity contribution in [2.75, 3.05) is 26.2 Å². The standard InChI is InChI=1S/C12H26N2O/c1-11(2,15)4-7-14-8-5-12(3,10-13)6-9-14/h15H,4-10,13H2,1-3H3. The Morgan fingerprint density at radius 2 is 1.87 bits per heavy atom. The zero-order chi connectivity index (χ0) is 11.5. The maximum atomic E-state index is 9.65. The molecule has 0 aromatic carbocycles. The van der Waals surface area contributed by atoms with E-state index in [1.165, 1.54) is 12.8 Å². The second-order valence-electron chi connectivity index (χ2n) is 5.92. The molecule has 0 spiro atoms. The first kappa shape index (κ1) is 12.9. The van der Waals surface area contributed by atoms with Gasteiger partial charge >= 0.3 is 0 Å². The van der Waals surface area contributed by atoms with E-state index in [9.17, 15) is 5.11 Å². The van der Waals surface area contributed by atoms with E-state index in [0.717, 1.165) is 32.6 Å². The molecule has 0 unspecified atom stereocenters. The summed E-state index contributed by atoms with van der Waals surface area (Å²) in [6, 6.07) is 0. The van der Waals surface area contributed by atoms with Gasteiger partial charge in [0, 0.05) is 6.54 Å². The van der Waals surface area contributed by atoms with Crippen molar-refractivity contribution >= 4 is 0 Å². The van der Waals surface area contributed by atoms with Crippen LogP contribution in [0.1, 0.15) is 40.0 Å². The number of rotatable bonds is 4. The van der Waals surface area contributed by atoms with Crippen molar-refractivity contribution < 1.29 is 5.11 Å². The quantitative estimate of drug-likeness (QED) is 0.739. The second-order valence-corrected chi connectivity index (χ2v) is 5.92. The number of aliphatic hydroxyl groups is 1. The fraction of sp³-hybridized carbons (Fsp3) is 1.00. The molecule has 0 aromatic heterocycles. The van der Waals surface area contributed by atoms with Crippen LogP contribution in [0.25, 0.3) is 0 Å². The number of nitrogens with zero attached hydrogens (tertiary/aromatic N) is 1. The average Bonchev–Trinajstić information content (AvgIpc) is 2.16. The SMILES string of the molecule is CC(C)(O)CCN1CCC(C)(CN)CC1. The number of nitrogens with two attached hydrogens (primary N) is 1. The van der Waals surface area contributed by atoms with E-state index in [0.29, 0.717) is 5.41 Å². The normalized spacial score (nSPS) is 23.0. The Morgan fingerprint density at radius 1 is 1.33 bits per heavy atom. The second kappa shape index (κ2) is 4.81. The molecule has 1 saturated heterocycles. The Bertz CT molecular complexity index is 190. The maximum absolute atomic E-state index is 9.65. The molecule has 0 radical (unpaired) electrons. The molecule has 0 saturated carbocycles. The zero-order valence-corrected chi connectivity index (χ0v) is 10.4. The molecule has 0 aliphatic carbocycles. The van der Waals surface area contributed by atoms with Gasteiger partial charge in [-0.1, -0.05) is 6.92 Å². The van der Waals surface area contributed by atoms with Gasteiger partial charge in [-0.25, -0.2) is 0 Å². The van der Waals surface area contributed by atoms with Crippen LogP contribution in [0.15, 0.2) is 0 Å². The van der Waals surface area contributed by atoms with E-state index in [2.05, 4.69) is 11.8 Å². The van der Waals surface area contributed by atoms with Crippen LogP contribution in [-0.4, -0.2) is 41.8 Å². The third-order valence-corrected chi connectivity index (χ3v) is 3.60. The van der Waals surface area contributed by atoms with Gasteiger partial charge in [0.2, 0.25) is 0 Å². The summed E-state index contributed by atoms with van der Waals surface area (Å²) in [5.74, 6) is 0. The van der Waals surface area contributed by atoms with Crippen LogP contribution in [0.4, 0.5) is 0 Å². The van der Waals surface area contributed by atoms with Gasteiger partial charge in [-0.15, -0.1) is 0 Å². The van der Waals surface area contributed by atoms with Crippen LogP contribution in [0, 0.1) is 5.41 Å². The highest BCUT2D eigenvalue weighted by molar-refractivity contribution is 4.83. The van der Waals surface area contributed by atoms with Crippen molar-refractivity contribution in [2.45, 2.75) is 45.6 Å². The van der Waals surface area contributed by atoms with Gasteiger partial charge in [0.15, 0.2) is 0 Å². The van der Waals surface area contributed by atoms with Gasteiger partial charge < -0.3 is 15.7 Å². The molecule has 1 aliphatic rings. The molecule has 0 aromatic rings. The Hall–Kier alpha value is -0.120. The van der Waals surface area contributed by atoms with E-state index >= 15 is 0 Å². The van der Waals surface area contributed by atoms with E-state index in [1.54, 1.807) is 0 Å². The van der Waals surface area contributed by atoms with Crippen molar-refractivity contribution in [1.82, 2.24) is 4.90 Å². The van der Waals surface area contributed by atoms with Gasteiger partial charge in [0.1, 0.15) is 0 Å². The first-order valence-electron chi connectivity index (χ1n) is 5.99. The maximum Gasteiger partial charge on any atom is 0.0603 e. The van der Waals surface area contributed by atoms with Gasteiger partial charge in [-0.05, 0) is 58.2 Å². The average molecular weight is 214 g/mol. The highest BCUT2D eigenvalue weighted by Crippen LogP contribution is 2.29. The summed E-state index contributed by atoms with van der Waals surface area (Å²) in [5, 5.41) is 9.65. The predicted molar refractivity (Wildman–Crippen MR) is 63.8 cm³/mol. The molecule has 0 amide bonds. The lowest BCUT2D eigenvalue weighted by molar-refractivity contribution is 0.0456. The fourth-order valence-corrected chi connectivity index (χ4v) is 1.95. The van der Waals surface area contributed by atoms with Crippen LogP contribution in [0.2, 0.25) is 0 Å². The monoisotopic (exact) mass is 214 g/mol. The van der Waals surface area contributed by atoms with Crippen LogP contribution in [-0.2, 0) is 0 Å². The van der Waals surface area contributed by atoms with Gasteiger partial charge in [0.05, 0.1) is 5.60 Å². The Kier molecular flexibility index (Phi) is 4.15. The lowest BCUT2D eigenvalue weighted by atomic mass is 9.80. The lowest BCUT2D eigenvalue weighted by Gasteiger charge is -2.39. The molecular weight excluding hydrogens is 188 g/mol. The summed E-state index contributed by atoms with van der Waals surface area (Å²) in [4.78, 5) is 2.44. The van der Waals surface area contributed by atoms with Crippen LogP contribution in [0.3, 0.4) is 0 Å². The minimum absolute atomic E-state index is 0.352. The van der Waals surface area contributed by atoms with Crippen molar-refractivity contribution in [3.05, 3.63) is 0 Å². The molecule has 0 atom stereocenters. The number of piperidine rings is 1. The Morgan fingerprint density at radius 3 is 2.27 bits per heavy atom. The largest absolute Gasteiger partial charge is 0.390 e. The predicted octanol–water partition coefficient (Wildman–Crippen LogP) is 1.21. The molecule has 15 heavy (non-hydrogen) atoms. The molecular formula is C12H26N2O. The van der Waals surface area contributed by atoms with E-state index < -0.39 is 5.60 Å². The smallest absolute Gasteiger partial charge is 0.0603 e. The molecule has 90 valence electrons. The Balaban J connectivity index is 2.26. The van der Waals surface area contributed by atoms with Crippen LogP contribution >= 0.6 is 0 Å². The Labute approximate surface area is 93.6 Å². The van der Waals surface area contributed by atoms with E-state index in [1.807, 2.05) is 13.8 Å². The molecule has 1 heterocycles. The minimum atomic E-state index is -0.533. The highest BCUT2D eigenvalue weighted by Gasteiger charge is 2.28. The lowest BCUT2D eigenvalue weighted by Crippen LogP contribution is -2.43. The number of hydrogen-bond acceptors (Lipinski definition) is 3. The summed E-state index contributed by atoms with van der Waals surface area (Å²) in [7, 11) is 0. The van der Waals surface area contributed by atoms with Crippen molar-refractivity contribution in [3.8, 4) is 0 Å². The van der Waals surface area contributed by atoms with Crippen LogP contribution < -0.4 is 5.73 Å². The molecule has 3 N–H and O–H groups in total. The molecule has 0 bridgehead atoms. The first-order valence-corrected chi connectivity index (χ1v) is 5.99. The third-order valence-electron chi connectivity index (χ3n) is 3.60. The molecule has 3 heteroatoms. The third kappa shape index (κ3) is 4.49. The van der Waals surface area contributed by atoms with Crippen molar-refractivity contribution in [2.24, 2.45) is 11.1 Å². The molecule has 1 fully saturated rings. The van der Waals surface area contributed by atoms with E-state index in [-0.39, 0.29) is 0 Å². The van der Waals surface area contributed by atoms with Crippen molar-refractivity contribution in [3.63, 3.8) is 0 Å². The van der Waals surface area contributed by atoms with Gasteiger partial charge in [-0.2, -0.15) is 0 Å². The highest BCUT2D eigenvalue weighted by atomic mass is 16.3.